The van der Waals surface area contributed by atoms with Crippen molar-refractivity contribution in [2.45, 2.75) is 19.3 Å². The highest BCUT2D eigenvalue weighted by molar-refractivity contribution is 6.06. The zero-order valence-electron chi connectivity index (χ0n) is 18.5. The summed E-state index contributed by atoms with van der Waals surface area (Å²) in [4.78, 5) is 53.0. The van der Waals surface area contributed by atoms with Crippen LogP contribution in [0.5, 0.6) is 0 Å². The second-order valence-corrected chi connectivity index (χ2v) is 8.75. The quantitative estimate of drug-likeness (QED) is 0.596. The van der Waals surface area contributed by atoms with Crippen molar-refractivity contribution in [2.75, 3.05) is 57.3 Å². The van der Waals surface area contributed by atoms with Crippen LogP contribution in [0.25, 0.3) is 0 Å². The molecular weight excluding hydrogens is 428 g/mol. The molecule has 0 atom stereocenters. The number of piperazine rings is 1. The summed E-state index contributed by atoms with van der Waals surface area (Å²) in [5.41, 5.74) is 3.56. The molecule has 11 nitrogen and oxygen atoms in total. The van der Waals surface area contributed by atoms with Crippen molar-refractivity contribution < 1.29 is 24.3 Å². The van der Waals surface area contributed by atoms with E-state index >= 15 is 0 Å². The second kappa shape index (κ2) is 10.2. The molecule has 0 aliphatic carbocycles. The van der Waals surface area contributed by atoms with E-state index in [1.54, 1.807) is 29.3 Å². The Bertz CT molecular complexity index is 908. The number of nitrogens with zero attached hydrogens (tertiary/aromatic N) is 4. The van der Waals surface area contributed by atoms with Gasteiger partial charge in [0.05, 0.1) is 0 Å². The first-order valence-electron chi connectivity index (χ1n) is 11.4. The number of rotatable bonds is 5. The van der Waals surface area contributed by atoms with Gasteiger partial charge in [0.25, 0.3) is 5.91 Å². The number of benzene rings is 1. The number of carbonyl (C=O) groups is 4. The average molecular weight is 459 g/mol. The van der Waals surface area contributed by atoms with Gasteiger partial charge < -0.3 is 10.0 Å². The van der Waals surface area contributed by atoms with Crippen LogP contribution in [0.1, 0.15) is 29.6 Å². The van der Waals surface area contributed by atoms with Crippen molar-refractivity contribution in [3.8, 4) is 0 Å². The van der Waals surface area contributed by atoms with Gasteiger partial charge in [-0.1, -0.05) is 6.07 Å². The first-order valence-corrected chi connectivity index (χ1v) is 11.4. The van der Waals surface area contributed by atoms with Crippen LogP contribution in [-0.4, -0.2) is 96.2 Å². The van der Waals surface area contributed by atoms with E-state index in [1.165, 1.54) is 4.90 Å². The van der Waals surface area contributed by atoms with Gasteiger partial charge >= 0.3 is 12.1 Å². The molecule has 11 heteroatoms. The maximum atomic E-state index is 13.1. The number of carbonyl (C=O) groups excluding carboxylic acids is 3. The number of carboxylic acid groups (broad SMARTS) is 1. The van der Waals surface area contributed by atoms with Crippen LogP contribution in [0, 0.1) is 5.92 Å². The van der Waals surface area contributed by atoms with Crippen molar-refractivity contribution in [2.24, 2.45) is 5.92 Å². The monoisotopic (exact) mass is 458 g/mol. The highest BCUT2D eigenvalue weighted by atomic mass is 16.4. The third kappa shape index (κ3) is 5.79. The number of urea groups is 1. The fourth-order valence-corrected chi connectivity index (χ4v) is 4.66. The van der Waals surface area contributed by atoms with Gasteiger partial charge in [-0.3, -0.25) is 30.1 Å². The van der Waals surface area contributed by atoms with Gasteiger partial charge in [0.1, 0.15) is 0 Å². The molecule has 3 heterocycles. The molecule has 3 aliphatic rings. The standard InChI is InChI=1S/C22H30N6O5/c29-19-6-9-28(21(31)23-19)18-3-1-2-17(14-18)20(30)26-12-10-25(11-13-26)15-16-4-7-27(8-5-16)24-22(32)33/h1-3,14,16,24H,4-13,15H2,(H,32,33)(H,23,29,31). The van der Waals surface area contributed by atoms with Crippen LogP contribution >= 0.6 is 0 Å². The smallest absolute Gasteiger partial charge is 0.419 e. The molecular formula is C22H30N6O5. The van der Waals surface area contributed by atoms with E-state index in [0.29, 0.717) is 36.8 Å². The fourth-order valence-electron chi connectivity index (χ4n) is 4.66. The Morgan fingerprint density at radius 3 is 2.42 bits per heavy atom. The van der Waals surface area contributed by atoms with Crippen LogP contribution in [0.15, 0.2) is 24.3 Å². The Kier molecular flexibility index (Phi) is 7.09. The molecule has 3 N–H and O–H groups in total. The van der Waals surface area contributed by atoms with Gasteiger partial charge in [-0.25, -0.2) is 14.6 Å². The van der Waals surface area contributed by atoms with Crippen molar-refractivity contribution in [1.82, 2.24) is 25.6 Å². The normalized spacial score (nSPS) is 21.1. The predicted octanol–water partition coefficient (Wildman–Crippen LogP) is 0.785. The first-order chi connectivity index (χ1) is 15.9. The summed E-state index contributed by atoms with van der Waals surface area (Å²) in [7, 11) is 0. The highest BCUT2D eigenvalue weighted by Gasteiger charge is 2.28. The summed E-state index contributed by atoms with van der Waals surface area (Å²) in [5, 5.41) is 12.9. The van der Waals surface area contributed by atoms with Gasteiger partial charge in [0.15, 0.2) is 0 Å². The van der Waals surface area contributed by atoms with E-state index in [9.17, 15) is 19.2 Å². The summed E-state index contributed by atoms with van der Waals surface area (Å²) in [6.07, 6.45) is 1.11. The van der Waals surface area contributed by atoms with E-state index in [4.69, 9.17) is 5.11 Å². The Morgan fingerprint density at radius 1 is 1.03 bits per heavy atom. The molecule has 3 fully saturated rings. The molecule has 0 bridgehead atoms. The Balaban J connectivity index is 1.26. The van der Waals surface area contributed by atoms with Gasteiger partial charge in [-0.15, -0.1) is 0 Å². The number of nitrogens with one attached hydrogen (secondary N) is 2. The lowest BCUT2D eigenvalue weighted by molar-refractivity contribution is -0.120. The van der Waals surface area contributed by atoms with Crippen LogP contribution in [0.4, 0.5) is 15.3 Å². The van der Waals surface area contributed by atoms with Crippen LogP contribution in [-0.2, 0) is 4.79 Å². The molecule has 3 saturated heterocycles. The van der Waals surface area contributed by atoms with Gasteiger partial charge in [0, 0.05) is 70.0 Å². The molecule has 4 rings (SSSR count). The Labute approximate surface area is 192 Å². The average Bonchev–Trinajstić information content (AvgIpc) is 2.80. The maximum Gasteiger partial charge on any atom is 0.419 e. The molecule has 0 unspecified atom stereocenters. The zero-order valence-corrected chi connectivity index (χ0v) is 18.5. The number of hydrogen-bond donors (Lipinski definition) is 3. The van der Waals surface area contributed by atoms with E-state index < -0.39 is 12.1 Å². The Hall–Kier alpha value is -3.18. The van der Waals surface area contributed by atoms with Crippen LogP contribution in [0.2, 0.25) is 0 Å². The first kappa shape index (κ1) is 23.0. The number of imide groups is 1. The van der Waals surface area contributed by atoms with Crippen LogP contribution < -0.4 is 15.6 Å². The summed E-state index contributed by atoms with van der Waals surface area (Å²) < 4.78 is 0. The van der Waals surface area contributed by atoms with Crippen molar-refractivity contribution in [3.63, 3.8) is 0 Å². The highest BCUT2D eigenvalue weighted by Crippen LogP contribution is 2.21. The SMILES string of the molecule is O=C(O)NN1CCC(CN2CCN(C(=O)c3cccc(N4CCC(=O)NC4=O)c3)CC2)CC1. The largest absolute Gasteiger partial charge is 0.464 e. The number of hydrogen-bond acceptors (Lipinski definition) is 6. The van der Waals surface area contributed by atoms with E-state index in [1.807, 2.05) is 4.90 Å². The summed E-state index contributed by atoms with van der Waals surface area (Å²) >= 11 is 0. The van der Waals surface area contributed by atoms with E-state index in [2.05, 4.69) is 15.6 Å². The van der Waals surface area contributed by atoms with Crippen molar-refractivity contribution >= 4 is 29.6 Å². The maximum absolute atomic E-state index is 13.1. The number of anilines is 1. The van der Waals surface area contributed by atoms with E-state index in [-0.39, 0.29) is 18.2 Å². The predicted molar refractivity (Wildman–Crippen MR) is 120 cm³/mol. The zero-order chi connectivity index (χ0) is 23.4. The summed E-state index contributed by atoms with van der Waals surface area (Å²) in [5.74, 6) is 0.181. The number of amides is 5. The minimum absolute atomic E-state index is 0.0574. The van der Waals surface area contributed by atoms with Gasteiger partial charge in [-0.2, -0.15) is 0 Å². The molecule has 0 saturated carbocycles. The third-order valence-electron chi connectivity index (χ3n) is 6.50. The van der Waals surface area contributed by atoms with Crippen molar-refractivity contribution in [3.05, 3.63) is 29.8 Å². The number of hydrazine groups is 1. The summed E-state index contributed by atoms with van der Waals surface area (Å²) in [6.45, 7) is 5.57. The lowest BCUT2D eigenvalue weighted by atomic mass is 9.97. The molecule has 33 heavy (non-hydrogen) atoms. The molecule has 0 radical (unpaired) electrons. The van der Waals surface area contributed by atoms with Gasteiger partial charge in [-0.05, 0) is 37.0 Å². The Morgan fingerprint density at radius 2 is 1.76 bits per heavy atom. The molecule has 3 aliphatic heterocycles. The minimum atomic E-state index is -1.02. The topological polar surface area (TPSA) is 126 Å². The lowest BCUT2D eigenvalue weighted by Crippen LogP contribution is -2.51. The minimum Gasteiger partial charge on any atom is -0.464 e. The van der Waals surface area contributed by atoms with Gasteiger partial charge in [0.2, 0.25) is 5.91 Å². The summed E-state index contributed by atoms with van der Waals surface area (Å²) in [6, 6.07) is 6.52. The fraction of sp³-hybridized carbons (Fsp3) is 0.545. The number of piperidine rings is 1. The second-order valence-electron chi connectivity index (χ2n) is 8.75. The molecule has 1 aromatic rings. The molecule has 1 aromatic carbocycles. The molecule has 5 amide bonds. The van der Waals surface area contributed by atoms with Crippen LogP contribution in [0.3, 0.4) is 0 Å². The molecule has 0 aromatic heterocycles. The molecule has 178 valence electrons. The van der Waals surface area contributed by atoms with Crippen molar-refractivity contribution in [1.29, 1.82) is 0 Å². The van der Waals surface area contributed by atoms with E-state index in [0.717, 1.165) is 45.6 Å². The third-order valence-corrected chi connectivity index (χ3v) is 6.50. The molecule has 0 spiro atoms. The lowest BCUT2D eigenvalue weighted by Gasteiger charge is -2.38.